The highest BCUT2D eigenvalue weighted by atomic mass is 32.2. The normalized spacial score (nSPS) is 22.9. The van der Waals surface area contributed by atoms with E-state index in [1.165, 1.54) is 6.20 Å². The zero-order valence-electron chi connectivity index (χ0n) is 15.0. The molecule has 2 N–H and O–H groups in total. The topological polar surface area (TPSA) is 126 Å². The van der Waals surface area contributed by atoms with E-state index in [4.69, 9.17) is 9.63 Å². The SMILES string of the molecule is CCN(CC(=O)O)C1CC(NS(=O)(=O)c2cnc3onc(C4CC4)c3c2)C1. The van der Waals surface area contributed by atoms with Gasteiger partial charge in [-0.05, 0) is 38.3 Å². The number of carbonyl (C=O) groups is 1. The van der Waals surface area contributed by atoms with Crippen molar-refractivity contribution in [3.8, 4) is 0 Å². The van der Waals surface area contributed by atoms with Crippen LogP contribution in [0, 0.1) is 0 Å². The Hall–Kier alpha value is -2.04. The van der Waals surface area contributed by atoms with Crippen LogP contribution in [0.1, 0.15) is 44.2 Å². The summed E-state index contributed by atoms with van der Waals surface area (Å²) >= 11 is 0. The summed E-state index contributed by atoms with van der Waals surface area (Å²) in [6.45, 7) is 2.49. The number of aliphatic carboxylic acids is 1. The van der Waals surface area contributed by atoms with Crippen LogP contribution < -0.4 is 4.72 Å². The molecule has 0 aliphatic heterocycles. The molecule has 2 aromatic rings. The van der Waals surface area contributed by atoms with Crippen LogP contribution in [0.15, 0.2) is 21.7 Å². The van der Waals surface area contributed by atoms with E-state index in [1.54, 1.807) is 6.07 Å². The molecule has 2 saturated carbocycles. The second-order valence-electron chi connectivity index (χ2n) is 7.27. The first kappa shape index (κ1) is 18.3. The number of nitrogens with zero attached hydrogens (tertiary/aromatic N) is 3. The van der Waals surface area contributed by atoms with Gasteiger partial charge in [0.25, 0.3) is 5.71 Å². The molecular formula is C17H22N4O5S. The number of rotatable bonds is 8. The first-order chi connectivity index (χ1) is 12.9. The van der Waals surface area contributed by atoms with E-state index in [9.17, 15) is 13.2 Å². The highest BCUT2D eigenvalue weighted by Gasteiger charge is 2.37. The fraction of sp³-hybridized carbons (Fsp3) is 0.588. The van der Waals surface area contributed by atoms with Crippen molar-refractivity contribution in [1.82, 2.24) is 19.8 Å². The van der Waals surface area contributed by atoms with Crippen molar-refractivity contribution in [1.29, 1.82) is 0 Å². The predicted molar refractivity (Wildman–Crippen MR) is 95.8 cm³/mol. The molecule has 146 valence electrons. The summed E-state index contributed by atoms with van der Waals surface area (Å²) in [5, 5.41) is 13.6. The lowest BCUT2D eigenvalue weighted by atomic mass is 9.86. The molecule has 0 spiro atoms. The molecule has 0 atom stereocenters. The van der Waals surface area contributed by atoms with Crippen molar-refractivity contribution in [2.75, 3.05) is 13.1 Å². The average molecular weight is 394 g/mol. The number of hydrogen-bond acceptors (Lipinski definition) is 7. The third kappa shape index (κ3) is 3.69. The molecule has 4 rings (SSSR count). The summed E-state index contributed by atoms with van der Waals surface area (Å²) in [6.07, 6.45) is 4.54. The molecule has 0 unspecified atom stereocenters. The summed E-state index contributed by atoms with van der Waals surface area (Å²) in [5.41, 5.74) is 1.14. The Labute approximate surface area is 156 Å². The fourth-order valence-electron chi connectivity index (χ4n) is 3.57. The number of sulfonamides is 1. The standard InChI is InChI=1S/C17H22N4O5S/c1-2-21(9-15(22)23)12-5-11(6-12)20-27(24,25)13-7-14-16(10-3-4-10)19-26-17(14)18-8-13/h7-8,10-12,20H,2-6,9H2,1H3,(H,22,23). The molecule has 2 aliphatic rings. The number of hydrogen-bond donors (Lipinski definition) is 2. The number of carboxylic acids is 1. The zero-order valence-corrected chi connectivity index (χ0v) is 15.8. The molecule has 27 heavy (non-hydrogen) atoms. The number of fused-ring (bicyclic) bond motifs is 1. The van der Waals surface area contributed by atoms with Crippen molar-refractivity contribution in [3.05, 3.63) is 18.0 Å². The molecule has 2 aromatic heterocycles. The van der Waals surface area contributed by atoms with E-state index in [0.29, 0.717) is 36.4 Å². The van der Waals surface area contributed by atoms with Gasteiger partial charge in [0.15, 0.2) is 0 Å². The number of nitrogens with one attached hydrogen (secondary N) is 1. The quantitative estimate of drug-likeness (QED) is 0.686. The first-order valence-corrected chi connectivity index (χ1v) is 10.6. The molecule has 0 aromatic carbocycles. The van der Waals surface area contributed by atoms with Crippen molar-refractivity contribution in [3.63, 3.8) is 0 Å². The lowest BCUT2D eigenvalue weighted by Gasteiger charge is -2.42. The van der Waals surface area contributed by atoms with Gasteiger partial charge in [-0.3, -0.25) is 9.69 Å². The predicted octanol–water partition coefficient (Wildman–Crippen LogP) is 1.32. The molecule has 2 fully saturated rings. The maximum atomic E-state index is 12.7. The maximum absolute atomic E-state index is 12.7. The average Bonchev–Trinajstić information content (AvgIpc) is 3.34. The third-order valence-electron chi connectivity index (χ3n) is 5.30. The Balaban J connectivity index is 1.44. The minimum atomic E-state index is -3.71. The van der Waals surface area contributed by atoms with E-state index >= 15 is 0 Å². The minimum Gasteiger partial charge on any atom is -0.480 e. The molecule has 0 bridgehead atoms. The van der Waals surface area contributed by atoms with Gasteiger partial charge in [0.05, 0.1) is 23.8 Å². The highest BCUT2D eigenvalue weighted by Crippen LogP contribution is 2.42. The molecule has 2 aliphatic carbocycles. The van der Waals surface area contributed by atoms with Crippen LogP contribution in [0.2, 0.25) is 0 Å². The number of likely N-dealkylation sites (N-methyl/N-ethyl adjacent to an activating group) is 1. The second kappa shape index (κ2) is 6.84. The number of aromatic nitrogens is 2. The minimum absolute atomic E-state index is 0.0291. The number of pyridine rings is 1. The molecule has 0 saturated heterocycles. The van der Waals surface area contributed by atoms with Crippen molar-refractivity contribution < 1.29 is 22.8 Å². The summed E-state index contributed by atoms with van der Waals surface area (Å²) in [5.74, 6) is -0.541. The molecule has 0 radical (unpaired) electrons. The largest absolute Gasteiger partial charge is 0.480 e. The van der Waals surface area contributed by atoms with Gasteiger partial charge >= 0.3 is 5.97 Å². The third-order valence-corrected chi connectivity index (χ3v) is 6.79. The van der Waals surface area contributed by atoms with Gasteiger partial charge in [-0.15, -0.1) is 0 Å². The highest BCUT2D eigenvalue weighted by molar-refractivity contribution is 7.89. The Morgan fingerprint density at radius 1 is 1.41 bits per heavy atom. The van der Waals surface area contributed by atoms with Crippen LogP contribution in [-0.2, 0) is 14.8 Å². The van der Waals surface area contributed by atoms with Crippen LogP contribution in [-0.4, -0.2) is 59.7 Å². The smallest absolute Gasteiger partial charge is 0.317 e. The van der Waals surface area contributed by atoms with Gasteiger partial charge < -0.3 is 9.63 Å². The van der Waals surface area contributed by atoms with Crippen LogP contribution in [0.3, 0.4) is 0 Å². The Morgan fingerprint density at radius 3 is 2.78 bits per heavy atom. The van der Waals surface area contributed by atoms with Gasteiger partial charge in [0.1, 0.15) is 4.90 Å². The van der Waals surface area contributed by atoms with Crippen molar-refractivity contribution in [2.45, 2.75) is 55.5 Å². The van der Waals surface area contributed by atoms with Gasteiger partial charge in [0.2, 0.25) is 10.0 Å². The zero-order chi connectivity index (χ0) is 19.2. The summed E-state index contributed by atoms with van der Waals surface area (Å²) < 4.78 is 33.3. The van der Waals surface area contributed by atoms with Gasteiger partial charge in [0, 0.05) is 18.0 Å². The first-order valence-electron chi connectivity index (χ1n) is 9.11. The lowest BCUT2D eigenvalue weighted by molar-refractivity contribution is -0.139. The van der Waals surface area contributed by atoms with Crippen molar-refractivity contribution in [2.24, 2.45) is 0 Å². The van der Waals surface area contributed by atoms with Gasteiger partial charge in [-0.1, -0.05) is 12.1 Å². The van der Waals surface area contributed by atoms with E-state index < -0.39 is 16.0 Å². The molecule has 0 amide bonds. The van der Waals surface area contributed by atoms with Gasteiger partial charge in [-0.25, -0.2) is 18.1 Å². The Morgan fingerprint density at radius 2 is 2.15 bits per heavy atom. The second-order valence-corrected chi connectivity index (χ2v) is 8.98. The van der Waals surface area contributed by atoms with E-state index in [1.807, 2.05) is 11.8 Å². The van der Waals surface area contributed by atoms with Crippen LogP contribution in [0.5, 0.6) is 0 Å². The summed E-state index contributed by atoms with van der Waals surface area (Å²) in [6, 6.07) is 1.45. The summed E-state index contributed by atoms with van der Waals surface area (Å²) in [7, 11) is -3.71. The van der Waals surface area contributed by atoms with Crippen molar-refractivity contribution >= 4 is 27.1 Å². The maximum Gasteiger partial charge on any atom is 0.317 e. The van der Waals surface area contributed by atoms with Crippen LogP contribution in [0.4, 0.5) is 0 Å². The molecule has 10 heteroatoms. The Bertz CT molecular complexity index is 963. The Kier molecular flexibility index (Phi) is 4.65. The molecular weight excluding hydrogens is 372 g/mol. The molecule has 9 nitrogen and oxygen atoms in total. The van der Waals surface area contributed by atoms with E-state index in [0.717, 1.165) is 18.5 Å². The summed E-state index contributed by atoms with van der Waals surface area (Å²) in [4.78, 5) is 16.9. The monoisotopic (exact) mass is 394 g/mol. The van der Waals surface area contributed by atoms with Crippen LogP contribution in [0.25, 0.3) is 11.1 Å². The molecule has 2 heterocycles. The van der Waals surface area contributed by atoms with E-state index in [-0.39, 0.29) is 23.5 Å². The fourth-order valence-corrected chi connectivity index (χ4v) is 4.80. The van der Waals surface area contributed by atoms with Crippen LogP contribution >= 0.6 is 0 Å². The lowest BCUT2D eigenvalue weighted by Crippen LogP contribution is -2.54. The number of carboxylic acid groups (broad SMARTS) is 1. The van der Waals surface area contributed by atoms with Gasteiger partial charge in [-0.2, -0.15) is 0 Å². The van der Waals surface area contributed by atoms with E-state index in [2.05, 4.69) is 14.9 Å².